The summed E-state index contributed by atoms with van der Waals surface area (Å²) in [6.45, 7) is 2.28. The molecule has 0 amide bonds. The Bertz CT molecular complexity index is 553. The number of hydrogen-bond donors (Lipinski definition) is 1. The first-order chi connectivity index (χ1) is 12.8. The smallest absolute Gasteiger partial charge is 0.0794 e. The van der Waals surface area contributed by atoms with Crippen LogP contribution in [0.5, 0.6) is 0 Å². The number of nitrogens with zero attached hydrogens (tertiary/aromatic N) is 1. The Morgan fingerprint density at radius 3 is 2.31 bits per heavy atom. The lowest BCUT2D eigenvalue weighted by atomic mass is 9.86. The van der Waals surface area contributed by atoms with Gasteiger partial charge < -0.3 is 5.73 Å². The molecule has 0 saturated carbocycles. The molecule has 2 aromatic rings. The normalized spacial score (nSPS) is 13.6. The van der Waals surface area contributed by atoms with Gasteiger partial charge in [-0.15, -0.1) is 11.3 Å². The molecule has 3 heteroatoms. The van der Waals surface area contributed by atoms with Gasteiger partial charge in [-0.3, -0.25) is 4.98 Å². The van der Waals surface area contributed by atoms with Gasteiger partial charge in [-0.05, 0) is 30.7 Å². The second-order valence-corrected chi connectivity index (χ2v) is 8.51. The summed E-state index contributed by atoms with van der Waals surface area (Å²) in [6.07, 6.45) is 16.3. The molecular formula is C23H36N2S. The van der Waals surface area contributed by atoms with E-state index in [1.54, 1.807) is 11.3 Å². The average molecular weight is 373 g/mol. The van der Waals surface area contributed by atoms with Gasteiger partial charge in [0.15, 0.2) is 0 Å². The average Bonchev–Trinajstić information content (AvgIpc) is 3.16. The van der Waals surface area contributed by atoms with E-state index in [9.17, 15) is 0 Å². The molecule has 2 nitrogen and oxygen atoms in total. The van der Waals surface area contributed by atoms with Crippen molar-refractivity contribution in [1.82, 2.24) is 4.98 Å². The largest absolute Gasteiger partial charge is 0.327 e. The van der Waals surface area contributed by atoms with Crippen LogP contribution in [-0.4, -0.2) is 11.0 Å². The Morgan fingerprint density at radius 2 is 1.65 bits per heavy atom. The van der Waals surface area contributed by atoms with Gasteiger partial charge in [0, 0.05) is 17.1 Å². The van der Waals surface area contributed by atoms with Crippen LogP contribution in [0.3, 0.4) is 0 Å². The molecule has 0 aliphatic heterocycles. The number of nitrogens with two attached hydrogens (primary N) is 1. The van der Waals surface area contributed by atoms with Gasteiger partial charge >= 0.3 is 0 Å². The second-order valence-electron chi connectivity index (χ2n) is 7.54. The van der Waals surface area contributed by atoms with Crippen molar-refractivity contribution in [3.05, 3.63) is 52.5 Å². The fraction of sp³-hybridized carbons (Fsp3) is 0.609. The third-order valence-corrected chi connectivity index (χ3v) is 6.01. The van der Waals surface area contributed by atoms with Crippen LogP contribution >= 0.6 is 11.3 Å². The SMILES string of the molecule is CCCCCCCCCCC(CC(N)Cc1cncs1)c1ccccc1. The van der Waals surface area contributed by atoms with E-state index in [0.717, 1.165) is 12.8 Å². The topological polar surface area (TPSA) is 38.9 Å². The predicted octanol–water partition coefficient (Wildman–Crippen LogP) is 6.72. The number of unbranched alkanes of at least 4 members (excludes halogenated alkanes) is 7. The van der Waals surface area contributed by atoms with Crippen LogP contribution in [0.2, 0.25) is 0 Å². The first-order valence-electron chi connectivity index (χ1n) is 10.5. The molecule has 0 spiro atoms. The maximum atomic E-state index is 6.48. The van der Waals surface area contributed by atoms with E-state index in [4.69, 9.17) is 5.73 Å². The van der Waals surface area contributed by atoms with E-state index in [1.807, 2.05) is 11.7 Å². The number of thiazole rings is 1. The summed E-state index contributed by atoms with van der Waals surface area (Å²) in [6, 6.07) is 11.2. The Balaban J connectivity index is 1.75. The van der Waals surface area contributed by atoms with Crippen LogP contribution < -0.4 is 5.73 Å². The Hall–Kier alpha value is -1.19. The molecule has 0 radical (unpaired) electrons. The van der Waals surface area contributed by atoms with Crippen molar-refractivity contribution < 1.29 is 0 Å². The summed E-state index contributed by atoms with van der Waals surface area (Å²) in [5.74, 6) is 0.583. The molecule has 0 aliphatic rings. The fourth-order valence-corrected chi connectivity index (χ4v) is 4.41. The van der Waals surface area contributed by atoms with Crippen LogP contribution in [-0.2, 0) is 6.42 Å². The summed E-state index contributed by atoms with van der Waals surface area (Å²) < 4.78 is 0. The first-order valence-corrected chi connectivity index (χ1v) is 11.4. The minimum atomic E-state index is 0.217. The molecule has 0 fully saturated rings. The van der Waals surface area contributed by atoms with E-state index < -0.39 is 0 Å². The molecular weight excluding hydrogens is 336 g/mol. The van der Waals surface area contributed by atoms with Crippen LogP contribution in [0.15, 0.2) is 42.0 Å². The molecule has 2 unspecified atom stereocenters. The van der Waals surface area contributed by atoms with E-state index in [1.165, 1.54) is 68.2 Å². The van der Waals surface area contributed by atoms with Crippen molar-refractivity contribution in [3.63, 3.8) is 0 Å². The molecule has 2 N–H and O–H groups in total. The fourth-order valence-electron chi connectivity index (χ4n) is 3.72. The highest BCUT2D eigenvalue weighted by molar-refractivity contribution is 7.09. The first kappa shape index (κ1) is 21.1. The molecule has 2 rings (SSSR count). The highest BCUT2D eigenvalue weighted by atomic mass is 32.1. The van der Waals surface area contributed by atoms with Gasteiger partial charge in [0.1, 0.15) is 0 Å². The highest BCUT2D eigenvalue weighted by Crippen LogP contribution is 2.28. The van der Waals surface area contributed by atoms with Crippen molar-refractivity contribution in [2.24, 2.45) is 5.73 Å². The molecule has 0 bridgehead atoms. The summed E-state index contributed by atoms with van der Waals surface area (Å²) in [4.78, 5) is 5.47. The molecule has 0 saturated heterocycles. The van der Waals surface area contributed by atoms with Crippen molar-refractivity contribution in [2.75, 3.05) is 0 Å². The summed E-state index contributed by atoms with van der Waals surface area (Å²) in [5, 5.41) is 0. The standard InChI is InChI=1S/C23H36N2S/c1-2-3-4-5-6-7-8-10-15-21(20-13-11-9-12-14-20)16-22(24)17-23-18-25-19-26-23/h9,11-14,18-19,21-22H,2-8,10,15-17,24H2,1H3. The number of aromatic nitrogens is 1. The maximum Gasteiger partial charge on any atom is 0.0794 e. The molecule has 1 aromatic carbocycles. The minimum Gasteiger partial charge on any atom is -0.327 e. The molecule has 0 aliphatic carbocycles. The van der Waals surface area contributed by atoms with Gasteiger partial charge in [0.25, 0.3) is 0 Å². The summed E-state index contributed by atoms with van der Waals surface area (Å²) >= 11 is 1.72. The van der Waals surface area contributed by atoms with Gasteiger partial charge in [0.2, 0.25) is 0 Å². The van der Waals surface area contributed by atoms with Crippen molar-refractivity contribution in [1.29, 1.82) is 0 Å². The Morgan fingerprint density at radius 1 is 0.962 bits per heavy atom. The molecule has 1 heterocycles. The van der Waals surface area contributed by atoms with Gasteiger partial charge in [-0.25, -0.2) is 0 Å². The van der Waals surface area contributed by atoms with Crippen LogP contribution in [0.4, 0.5) is 0 Å². The van der Waals surface area contributed by atoms with Crippen LogP contribution in [0.25, 0.3) is 0 Å². The van der Waals surface area contributed by atoms with Crippen molar-refractivity contribution in [3.8, 4) is 0 Å². The minimum absolute atomic E-state index is 0.217. The van der Waals surface area contributed by atoms with Gasteiger partial charge in [0.05, 0.1) is 5.51 Å². The predicted molar refractivity (Wildman–Crippen MR) is 115 cm³/mol. The Labute approximate surface area is 164 Å². The molecule has 2 atom stereocenters. The number of hydrogen-bond acceptors (Lipinski definition) is 3. The number of benzene rings is 1. The molecule has 1 aromatic heterocycles. The zero-order valence-electron chi connectivity index (χ0n) is 16.4. The Kier molecular flexibility index (Phi) is 10.6. The lowest BCUT2D eigenvalue weighted by Gasteiger charge is -2.21. The van der Waals surface area contributed by atoms with E-state index in [0.29, 0.717) is 5.92 Å². The number of rotatable bonds is 14. The van der Waals surface area contributed by atoms with Crippen molar-refractivity contribution in [2.45, 2.75) is 89.5 Å². The van der Waals surface area contributed by atoms with Gasteiger partial charge in [-0.2, -0.15) is 0 Å². The summed E-state index contributed by atoms with van der Waals surface area (Å²) in [7, 11) is 0. The summed E-state index contributed by atoms with van der Waals surface area (Å²) in [5.41, 5.74) is 9.83. The lowest BCUT2D eigenvalue weighted by Crippen LogP contribution is -2.25. The maximum absolute atomic E-state index is 6.48. The zero-order valence-corrected chi connectivity index (χ0v) is 17.2. The third kappa shape index (κ3) is 8.46. The molecule has 144 valence electrons. The zero-order chi connectivity index (χ0) is 18.5. The van der Waals surface area contributed by atoms with Crippen LogP contribution in [0, 0.1) is 0 Å². The quantitative estimate of drug-likeness (QED) is 0.374. The van der Waals surface area contributed by atoms with Crippen LogP contribution in [0.1, 0.15) is 87.5 Å². The molecule has 26 heavy (non-hydrogen) atoms. The van der Waals surface area contributed by atoms with Crippen molar-refractivity contribution >= 4 is 11.3 Å². The monoisotopic (exact) mass is 372 g/mol. The second kappa shape index (κ2) is 13.1. The third-order valence-electron chi connectivity index (χ3n) is 5.21. The van der Waals surface area contributed by atoms with E-state index in [-0.39, 0.29) is 6.04 Å². The van der Waals surface area contributed by atoms with Gasteiger partial charge in [-0.1, -0.05) is 88.6 Å². The highest BCUT2D eigenvalue weighted by Gasteiger charge is 2.16. The van der Waals surface area contributed by atoms with E-state index in [2.05, 4.69) is 42.2 Å². The lowest BCUT2D eigenvalue weighted by molar-refractivity contribution is 0.470. The van der Waals surface area contributed by atoms with E-state index >= 15 is 0 Å².